The number of hydrogen-bond acceptors (Lipinski definition) is 5. The van der Waals surface area contributed by atoms with Gasteiger partial charge in [-0.1, -0.05) is 103 Å². The van der Waals surface area contributed by atoms with Gasteiger partial charge in [0, 0.05) is 32.7 Å². The molecule has 0 fully saturated rings. The summed E-state index contributed by atoms with van der Waals surface area (Å²) < 4.78 is 8.33. The van der Waals surface area contributed by atoms with E-state index in [9.17, 15) is 5.26 Å². The molecule has 0 saturated carbocycles. The van der Waals surface area contributed by atoms with E-state index in [2.05, 4.69) is 83.4 Å². The van der Waals surface area contributed by atoms with Gasteiger partial charge in [-0.05, 0) is 47.5 Å². The van der Waals surface area contributed by atoms with Gasteiger partial charge in [-0.25, -0.2) is 4.98 Å². The first-order valence-electron chi connectivity index (χ1n) is 15.0. The van der Waals surface area contributed by atoms with Crippen molar-refractivity contribution >= 4 is 43.7 Å². The largest absolute Gasteiger partial charge is 0.456 e. The van der Waals surface area contributed by atoms with Crippen LogP contribution in [-0.4, -0.2) is 19.5 Å². The summed E-state index contributed by atoms with van der Waals surface area (Å²) in [4.78, 5) is 15.3. The molecule has 0 radical (unpaired) electrons. The number of para-hydroxylation sites is 2. The summed E-state index contributed by atoms with van der Waals surface area (Å²) in [5.41, 5.74) is 7.93. The van der Waals surface area contributed by atoms with Crippen LogP contribution in [0.3, 0.4) is 0 Å². The molecule has 6 heteroatoms. The van der Waals surface area contributed by atoms with Gasteiger partial charge in [0.05, 0.1) is 22.7 Å². The van der Waals surface area contributed by atoms with E-state index < -0.39 is 0 Å². The average molecular weight is 590 g/mol. The Labute approximate surface area is 263 Å². The van der Waals surface area contributed by atoms with Crippen LogP contribution in [0.2, 0.25) is 0 Å². The van der Waals surface area contributed by atoms with E-state index in [1.165, 1.54) is 0 Å². The summed E-state index contributed by atoms with van der Waals surface area (Å²) in [7, 11) is 0. The maximum Gasteiger partial charge on any atom is 0.238 e. The van der Waals surface area contributed by atoms with E-state index in [0.29, 0.717) is 34.3 Å². The van der Waals surface area contributed by atoms with Crippen LogP contribution in [0.25, 0.3) is 83.6 Å². The van der Waals surface area contributed by atoms with Crippen molar-refractivity contribution in [3.8, 4) is 45.9 Å². The molecular formula is C40H23N5O. The fourth-order valence-electron chi connectivity index (χ4n) is 6.38. The first kappa shape index (κ1) is 25.9. The van der Waals surface area contributed by atoms with Gasteiger partial charge in [0.2, 0.25) is 5.95 Å². The second-order valence-electron chi connectivity index (χ2n) is 11.2. The molecule has 0 amide bonds. The van der Waals surface area contributed by atoms with Crippen molar-refractivity contribution in [1.29, 1.82) is 5.26 Å². The standard InChI is InChI=1S/C40H23N5O/c41-24-25-17-22-35-32(23-25)37-31(13-8-16-36(37)46-35)39-42-38(28-20-18-27(19-21-28)26-9-2-1-3-10-26)43-40(44-39)45-33-14-6-4-11-29(33)30-12-5-7-15-34(30)45/h1-23H. The highest BCUT2D eigenvalue weighted by molar-refractivity contribution is 6.12. The number of nitriles is 1. The van der Waals surface area contributed by atoms with Crippen molar-refractivity contribution in [2.24, 2.45) is 0 Å². The van der Waals surface area contributed by atoms with Crippen LogP contribution < -0.4 is 0 Å². The Hall–Kier alpha value is -6.58. The topological polar surface area (TPSA) is 80.5 Å². The minimum atomic E-state index is 0.518. The fourth-order valence-corrected chi connectivity index (χ4v) is 6.38. The second-order valence-corrected chi connectivity index (χ2v) is 11.2. The Kier molecular flexibility index (Phi) is 5.77. The number of fused-ring (bicyclic) bond motifs is 6. The zero-order valence-corrected chi connectivity index (χ0v) is 24.4. The lowest BCUT2D eigenvalue weighted by Crippen LogP contribution is -2.06. The molecule has 0 aliphatic rings. The van der Waals surface area contributed by atoms with Crippen molar-refractivity contribution in [2.75, 3.05) is 0 Å². The molecule has 214 valence electrons. The molecule has 0 unspecified atom stereocenters. The van der Waals surface area contributed by atoms with Crippen LogP contribution in [0.15, 0.2) is 144 Å². The lowest BCUT2D eigenvalue weighted by molar-refractivity contribution is 0.669. The highest BCUT2D eigenvalue weighted by Gasteiger charge is 2.20. The molecule has 0 N–H and O–H groups in total. The van der Waals surface area contributed by atoms with Crippen LogP contribution in [-0.2, 0) is 0 Å². The minimum absolute atomic E-state index is 0.518. The smallest absolute Gasteiger partial charge is 0.238 e. The molecular weight excluding hydrogens is 566 g/mol. The minimum Gasteiger partial charge on any atom is -0.456 e. The first-order chi connectivity index (χ1) is 22.7. The number of furan rings is 1. The van der Waals surface area contributed by atoms with Gasteiger partial charge in [-0.2, -0.15) is 15.2 Å². The van der Waals surface area contributed by atoms with E-state index in [1.54, 1.807) is 6.07 Å². The second kappa shape index (κ2) is 10.3. The summed E-state index contributed by atoms with van der Waals surface area (Å²) in [5.74, 6) is 1.60. The summed E-state index contributed by atoms with van der Waals surface area (Å²) in [5, 5.41) is 13.6. The van der Waals surface area contributed by atoms with Crippen molar-refractivity contribution in [2.45, 2.75) is 0 Å². The van der Waals surface area contributed by atoms with E-state index in [4.69, 9.17) is 19.4 Å². The van der Waals surface area contributed by atoms with Crippen molar-refractivity contribution < 1.29 is 4.42 Å². The van der Waals surface area contributed by atoms with Gasteiger partial charge in [-0.15, -0.1) is 0 Å². The SMILES string of the molecule is N#Cc1ccc2oc3cccc(-c4nc(-c5ccc(-c6ccccc6)cc5)nc(-n5c6ccccc6c6ccccc65)n4)c3c2c1. The van der Waals surface area contributed by atoms with Gasteiger partial charge in [0.1, 0.15) is 11.2 Å². The Morgan fingerprint density at radius 2 is 1.17 bits per heavy atom. The highest BCUT2D eigenvalue weighted by atomic mass is 16.3. The van der Waals surface area contributed by atoms with Crippen molar-refractivity contribution in [3.05, 3.63) is 145 Å². The number of hydrogen-bond donors (Lipinski definition) is 0. The third-order valence-electron chi connectivity index (χ3n) is 8.52. The van der Waals surface area contributed by atoms with Crippen LogP contribution in [0.1, 0.15) is 5.56 Å². The molecule has 6 nitrogen and oxygen atoms in total. The lowest BCUT2D eigenvalue weighted by Gasteiger charge is -2.12. The van der Waals surface area contributed by atoms with Gasteiger partial charge < -0.3 is 4.42 Å². The van der Waals surface area contributed by atoms with E-state index in [0.717, 1.165) is 54.8 Å². The molecule has 0 saturated heterocycles. The average Bonchev–Trinajstić information content (AvgIpc) is 3.67. The third-order valence-corrected chi connectivity index (χ3v) is 8.52. The molecule has 46 heavy (non-hydrogen) atoms. The summed E-state index contributed by atoms with van der Waals surface area (Å²) in [6.45, 7) is 0. The Morgan fingerprint density at radius 3 is 1.91 bits per heavy atom. The number of aromatic nitrogens is 4. The molecule has 9 aromatic rings. The highest BCUT2D eigenvalue weighted by Crippen LogP contribution is 2.38. The van der Waals surface area contributed by atoms with Gasteiger partial charge in [0.15, 0.2) is 11.6 Å². The fraction of sp³-hybridized carbons (Fsp3) is 0. The molecule has 0 aliphatic carbocycles. The zero-order valence-electron chi connectivity index (χ0n) is 24.4. The summed E-state index contributed by atoms with van der Waals surface area (Å²) >= 11 is 0. The monoisotopic (exact) mass is 589 g/mol. The van der Waals surface area contributed by atoms with Gasteiger partial charge in [0.25, 0.3) is 0 Å². The number of nitrogens with zero attached hydrogens (tertiary/aromatic N) is 5. The Balaban J connectivity index is 1.32. The molecule has 3 aromatic heterocycles. The van der Waals surface area contributed by atoms with Crippen LogP contribution in [0.5, 0.6) is 0 Å². The van der Waals surface area contributed by atoms with Crippen LogP contribution >= 0.6 is 0 Å². The molecule has 0 atom stereocenters. The zero-order chi connectivity index (χ0) is 30.6. The molecule has 0 aliphatic heterocycles. The van der Waals surface area contributed by atoms with Crippen molar-refractivity contribution in [1.82, 2.24) is 19.5 Å². The molecule has 6 aromatic carbocycles. The van der Waals surface area contributed by atoms with Crippen LogP contribution in [0, 0.1) is 11.3 Å². The molecule has 9 rings (SSSR count). The quantitative estimate of drug-likeness (QED) is 0.204. The number of rotatable bonds is 4. The summed E-state index contributed by atoms with van der Waals surface area (Å²) in [6.07, 6.45) is 0. The van der Waals surface area contributed by atoms with Crippen LogP contribution in [0.4, 0.5) is 0 Å². The van der Waals surface area contributed by atoms with E-state index >= 15 is 0 Å². The summed E-state index contributed by atoms with van der Waals surface area (Å²) in [6, 6.07) is 48.9. The third kappa shape index (κ3) is 4.07. The predicted molar refractivity (Wildman–Crippen MR) is 182 cm³/mol. The van der Waals surface area contributed by atoms with E-state index in [1.807, 2.05) is 60.7 Å². The predicted octanol–water partition coefficient (Wildman–Crippen LogP) is 9.74. The maximum atomic E-state index is 9.65. The normalized spacial score (nSPS) is 11.5. The Morgan fingerprint density at radius 1 is 0.522 bits per heavy atom. The maximum absolute atomic E-state index is 9.65. The van der Waals surface area contributed by atoms with E-state index in [-0.39, 0.29) is 0 Å². The number of benzene rings is 6. The molecule has 0 spiro atoms. The lowest BCUT2D eigenvalue weighted by atomic mass is 10.0. The van der Waals surface area contributed by atoms with Gasteiger partial charge >= 0.3 is 0 Å². The first-order valence-corrected chi connectivity index (χ1v) is 15.0. The van der Waals surface area contributed by atoms with Gasteiger partial charge in [-0.3, -0.25) is 4.57 Å². The molecule has 0 bridgehead atoms. The Bertz CT molecular complexity index is 2590. The molecule has 3 heterocycles. The van der Waals surface area contributed by atoms with Crippen molar-refractivity contribution in [3.63, 3.8) is 0 Å².